The molecule has 0 aromatic heterocycles. The van der Waals surface area contributed by atoms with Gasteiger partial charge in [0.15, 0.2) is 0 Å². The largest absolute Gasteiger partial charge is 0.320 e. The maximum atomic E-state index is 3.20. The average molecular weight is 184 g/mol. The predicted molar refractivity (Wildman–Crippen MR) is 58.0 cm³/mol. The summed E-state index contributed by atoms with van der Waals surface area (Å²) in [6.45, 7) is 4.79. The van der Waals surface area contributed by atoms with Gasteiger partial charge in [-0.3, -0.25) is 0 Å². The second-order valence-electron chi connectivity index (χ2n) is 4.41. The summed E-state index contributed by atoms with van der Waals surface area (Å²) in [7, 11) is 4.31. The number of rotatable bonds is 5. The van der Waals surface area contributed by atoms with Crippen molar-refractivity contribution in [2.24, 2.45) is 5.92 Å². The van der Waals surface area contributed by atoms with Crippen LogP contribution in [0.2, 0.25) is 0 Å². The highest BCUT2D eigenvalue weighted by atomic mass is 15.1. The van der Waals surface area contributed by atoms with E-state index in [1.165, 1.54) is 32.2 Å². The lowest BCUT2D eigenvalue weighted by Crippen LogP contribution is -2.35. The molecule has 78 valence electrons. The molecule has 1 aliphatic carbocycles. The SMILES string of the molecule is CNCCCN(C)C1CCCC1C. The van der Waals surface area contributed by atoms with Crippen molar-refractivity contribution in [3.05, 3.63) is 0 Å². The van der Waals surface area contributed by atoms with E-state index < -0.39 is 0 Å². The van der Waals surface area contributed by atoms with Crippen LogP contribution in [0.5, 0.6) is 0 Å². The Labute approximate surface area is 82.7 Å². The second-order valence-corrected chi connectivity index (χ2v) is 4.41. The van der Waals surface area contributed by atoms with Crippen LogP contribution in [0.4, 0.5) is 0 Å². The molecule has 0 spiro atoms. The Bertz CT molecular complexity index is 136. The lowest BCUT2D eigenvalue weighted by Gasteiger charge is -2.27. The van der Waals surface area contributed by atoms with E-state index in [1.54, 1.807) is 0 Å². The monoisotopic (exact) mass is 184 g/mol. The van der Waals surface area contributed by atoms with E-state index >= 15 is 0 Å². The molecule has 13 heavy (non-hydrogen) atoms. The highest BCUT2D eigenvalue weighted by molar-refractivity contribution is 4.81. The van der Waals surface area contributed by atoms with Crippen molar-refractivity contribution < 1.29 is 0 Å². The summed E-state index contributed by atoms with van der Waals surface area (Å²) in [5, 5.41) is 3.20. The van der Waals surface area contributed by atoms with E-state index in [0.29, 0.717) is 0 Å². The van der Waals surface area contributed by atoms with Crippen molar-refractivity contribution in [2.75, 3.05) is 27.2 Å². The molecule has 2 nitrogen and oxygen atoms in total. The molecule has 1 aliphatic rings. The summed E-state index contributed by atoms with van der Waals surface area (Å²) in [5.41, 5.74) is 0. The Balaban J connectivity index is 2.18. The Kier molecular flexibility index (Phi) is 4.74. The minimum absolute atomic E-state index is 0.858. The quantitative estimate of drug-likeness (QED) is 0.654. The Hall–Kier alpha value is -0.0800. The summed E-state index contributed by atoms with van der Waals surface area (Å²) >= 11 is 0. The molecule has 0 saturated heterocycles. The van der Waals surface area contributed by atoms with Crippen molar-refractivity contribution in [3.8, 4) is 0 Å². The minimum Gasteiger partial charge on any atom is -0.320 e. The first-order valence-corrected chi connectivity index (χ1v) is 5.60. The molecule has 0 radical (unpaired) electrons. The third-order valence-electron chi connectivity index (χ3n) is 3.32. The topological polar surface area (TPSA) is 15.3 Å². The highest BCUT2D eigenvalue weighted by Crippen LogP contribution is 2.28. The summed E-state index contributed by atoms with van der Waals surface area (Å²) in [6, 6.07) is 0.858. The molecule has 2 unspecified atom stereocenters. The Morgan fingerprint density at radius 2 is 2.15 bits per heavy atom. The van der Waals surface area contributed by atoms with Crippen LogP contribution in [0.25, 0.3) is 0 Å². The molecule has 1 N–H and O–H groups in total. The Morgan fingerprint density at radius 3 is 2.69 bits per heavy atom. The van der Waals surface area contributed by atoms with Crippen LogP contribution in [0.15, 0.2) is 0 Å². The van der Waals surface area contributed by atoms with Gasteiger partial charge in [0.1, 0.15) is 0 Å². The zero-order chi connectivity index (χ0) is 9.68. The Morgan fingerprint density at radius 1 is 1.38 bits per heavy atom. The van der Waals surface area contributed by atoms with Crippen LogP contribution < -0.4 is 5.32 Å². The normalized spacial score (nSPS) is 28.6. The standard InChI is InChI=1S/C11H24N2/c1-10-6-4-7-11(10)13(3)9-5-8-12-2/h10-12H,4-9H2,1-3H3. The summed E-state index contributed by atoms with van der Waals surface area (Å²) in [4.78, 5) is 2.55. The smallest absolute Gasteiger partial charge is 0.0118 e. The van der Waals surface area contributed by atoms with Gasteiger partial charge in [-0.1, -0.05) is 13.3 Å². The van der Waals surface area contributed by atoms with Crippen molar-refractivity contribution in [1.29, 1.82) is 0 Å². The van der Waals surface area contributed by atoms with Gasteiger partial charge in [-0.15, -0.1) is 0 Å². The zero-order valence-corrected chi connectivity index (χ0v) is 9.34. The molecule has 0 heterocycles. The van der Waals surface area contributed by atoms with Gasteiger partial charge in [0.25, 0.3) is 0 Å². The molecular formula is C11H24N2. The molecule has 0 aromatic carbocycles. The first-order chi connectivity index (χ1) is 6.25. The van der Waals surface area contributed by atoms with Gasteiger partial charge in [0.2, 0.25) is 0 Å². The van der Waals surface area contributed by atoms with Gasteiger partial charge in [-0.05, 0) is 52.4 Å². The van der Waals surface area contributed by atoms with E-state index in [0.717, 1.165) is 18.5 Å². The third kappa shape index (κ3) is 3.28. The van der Waals surface area contributed by atoms with Crippen LogP contribution in [0.1, 0.15) is 32.6 Å². The third-order valence-corrected chi connectivity index (χ3v) is 3.32. The molecule has 0 aliphatic heterocycles. The van der Waals surface area contributed by atoms with Crippen molar-refractivity contribution >= 4 is 0 Å². The average Bonchev–Trinajstić information content (AvgIpc) is 2.52. The van der Waals surface area contributed by atoms with E-state index in [9.17, 15) is 0 Å². The van der Waals surface area contributed by atoms with Gasteiger partial charge >= 0.3 is 0 Å². The molecule has 1 fully saturated rings. The molecule has 0 bridgehead atoms. The highest BCUT2D eigenvalue weighted by Gasteiger charge is 2.26. The van der Waals surface area contributed by atoms with Crippen LogP contribution in [-0.4, -0.2) is 38.1 Å². The van der Waals surface area contributed by atoms with Crippen LogP contribution >= 0.6 is 0 Å². The van der Waals surface area contributed by atoms with E-state index in [1.807, 2.05) is 7.05 Å². The number of nitrogens with zero attached hydrogens (tertiary/aromatic N) is 1. The maximum absolute atomic E-state index is 3.20. The van der Waals surface area contributed by atoms with Gasteiger partial charge in [-0.2, -0.15) is 0 Å². The van der Waals surface area contributed by atoms with E-state index in [2.05, 4.69) is 24.2 Å². The van der Waals surface area contributed by atoms with Crippen molar-refractivity contribution in [3.63, 3.8) is 0 Å². The molecule has 0 aromatic rings. The molecule has 2 heteroatoms. The molecule has 1 saturated carbocycles. The fraction of sp³-hybridized carbons (Fsp3) is 1.00. The lowest BCUT2D eigenvalue weighted by atomic mass is 10.1. The lowest BCUT2D eigenvalue weighted by molar-refractivity contribution is 0.204. The van der Waals surface area contributed by atoms with Crippen LogP contribution in [0, 0.1) is 5.92 Å². The van der Waals surface area contributed by atoms with Gasteiger partial charge in [-0.25, -0.2) is 0 Å². The maximum Gasteiger partial charge on any atom is 0.0118 e. The van der Waals surface area contributed by atoms with E-state index in [4.69, 9.17) is 0 Å². The first-order valence-electron chi connectivity index (χ1n) is 5.60. The fourth-order valence-electron chi connectivity index (χ4n) is 2.45. The van der Waals surface area contributed by atoms with E-state index in [-0.39, 0.29) is 0 Å². The fourth-order valence-corrected chi connectivity index (χ4v) is 2.45. The molecule has 2 atom stereocenters. The minimum atomic E-state index is 0.858. The summed E-state index contributed by atoms with van der Waals surface area (Å²) in [5.74, 6) is 0.916. The molecular weight excluding hydrogens is 160 g/mol. The molecule has 0 amide bonds. The van der Waals surface area contributed by atoms with Gasteiger partial charge < -0.3 is 10.2 Å². The predicted octanol–water partition coefficient (Wildman–Crippen LogP) is 1.72. The van der Waals surface area contributed by atoms with Crippen LogP contribution in [-0.2, 0) is 0 Å². The van der Waals surface area contributed by atoms with Crippen molar-refractivity contribution in [1.82, 2.24) is 10.2 Å². The van der Waals surface area contributed by atoms with Gasteiger partial charge in [0.05, 0.1) is 0 Å². The summed E-state index contributed by atoms with van der Waals surface area (Å²) < 4.78 is 0. The number of hydrogen-bond donors (Lipinski definition) is 1. The number of nitrogens with one attached hydrogen (secondary N) is 1. The van der Waals surface area contributed by atoms with Gasteiger partial charge in [0, 0.05) is 6.04 Å². The second kappa shape index (κ2) is 5.61. The van der Waals surface area contributed by atoms with Crippen LogP contribution in [0.3, 0.4) is 0 Å². The van der Waals surface area contributed by atoms with Crippen molar-refractivity contribution in [2.45, 2.75) is 38.6 Å². The number of hydrogen-bond acceptors (Lipinski definition) is 2. The summed E-state index contributed by atoms with van der Waals surface area (Å²) in [6.07, 6.45) is 5.55. The zero-order valence-electron chi connectivity index (χ0n) is 9.34. The first kappa shape index (κ1) is 11.0. The molecule has 1 rings (SSSR count).